The molecule has 0 aromatic heterocycles. The fraction of sp³-hybridized carbons (Fsp3) is 0.533. The van der Waals surface area contributed by atoms with E-state index in [-0.39, 0.29) is 18.6 Å². The summed E-state index contributed by atoms with van der Waals surface area (Å²) in [5.41, 5.74) is 1.11. The molecule has 0 unspecified atom stereocenters. The third-order valence-electron chi connectivity index (χ3n) is 2.81. The predicted molar refractivity (Wildman–Crippen MR) is 74.9 cm³/mol. The molecule has 1 atom stereocenters. The van der Waals surface area contributed by atoms with E-state index in [2.05, 4.69) is 5.32 Å². The van der Waals surface area contributed by atoms with Crippen molar-refractivity contribution in [3.8, 4) is 0 Å². The Bertz CT molecular complexity index is 354. The van der Waals surface area contributed by atoms with E-state index >= 15 is 0 Å². The second-order valence-corrected chi connectivity index (χ2v) is 4.44. The summed E-state index contributed by atoms with van der Waals surface area (Å²) in [6, 6.07) is 9.61. The van der Waals surface area contributed by atoms with Gasteiger partial charge in [-0.2, -0.15) is 0 Å². The third kappa shape index (κ3) is 6.94. The van der Waals surface area contributed by atoms with Gasteiger partial charge in [-0.3, -0.25) is 4.79 Å². The van der Waals surface area contributed by atoms with Gasteiger partial charge in [0.25, 0.3) is 0 Å². The maximum Gasteiger partial charge on any atom is 0.220 e. The van der Waals surface area contributed by atoms with E-state index in [1.54, 1.807) is 0 Å². The first-order valence-corrected chi connectivity index (χ1v) is 6.78. The first-order chi connectivity index (χ1) is 9.26. The molecule has 0 spiro atoms. The number of rotatable bonds is 9. The Morgan fingerprint density at radius 2 is 2.11 bits per heavy atom. The minimum Gasteiger partial charge on any atom is -0.394 e. The van der Waals surface area contributed by atoms with Crippen molar-refractivity contribution in [1.82, 2.24) is 5.32 Å². The number of benzene rings is 1. The summed E-state index contributed by atoms with van der Waals surface area (Å²) in [6.45, 7) is 3.16. The van der Waals surface area contributed by atoms with E-state index in [1.807, 2.05) is 37.3 Å². The smallest absolute Gasteiger partial charge is 0.220 e. The molecule has 4 heteroatoms. The largest absolute Gasteiger partial charge is 0.394 e. The number of ether oxygens (including phenoxy) is 1. The van der Waals surface area contributed by atoms with Crippen LogP contribution in [-0.2, 0) is 16.0 Å². The SMILES string of the molecule is CCOCCCC(=O)N[C@@H](CO)Cc1ccccc1. The molecule has 0 aliphatic carbocycles. The molecule has 0 saturated carbocycles. The topological polar surface area (TPSA) is 58.6 Å². The van der Waals surface area contributed by atoms with Gasteiger partial charge in [-0.25, -0.2) is 0 Å². The summed E-state index contributed by atoms with van der Waals surface area (Å²) in [7, 11) is 0. The maximum absolute atomic E-state index is 11.7. The van der Waals surface area contributed by atoms with Crippen molar-refractivity contribution in [2.75, 3.05) is 19.8 Å². The van der Waals surface area contributed by atoms with E-state index in [1.165, 1.54) is 0 Å². The van der Waals surface area contributed by atoms with Crippen LogP contribution in [0.3, 0.4) is 0 Å². The number of amides is 1. The van der Waals surface area contributed by atoms with Gasteiger partial charge in [0.15, 0.2) is 0 Å². The first-order valence-electron chi connectivity index (χ1n) is 6.78. The highest BCUT2D eigenvalue weighted by atomic mass is 16.5. The highest BCUT2D eigenvalue weighted by Crippen LogP contribution is 2.03. The fourth-order valence-corrected chi connectivity index (χ4v) is 1.84. The molecule has 0 saturated heterocycles. The zero-order valence-corrected chi connectivity index (χ0v) is 11.5. The zero-order valence-electron chi connectivity index (χ0n) is 11.5. The van der Waals surface area contributed by atoms with E-state index in [0.717, 1.165) is 5.56 Å². The molecule has 4 nitrogen and oxygen atoms in total. The van der Waals surface area contributed by atoms with E-state index in [0.29, 0.717) is 32.5 Å². The van der Waals surface area contributed by atoms with E-state index in [9.17, 15) is 9.90 Å². The van der Waals surface area contributed by atoms with Gasteiger partial charge < -0.3 is 15.2 Å². The van der Waals surface area contributed by atoms with Crippen molar-refractivity contribution in [3.63, 3.8) is 0 Å². The molecule has 106 valence electrons. The molecule has 0 fully saturated rings. The van der Waals surface area contributed by atoms with Crippen LogP contribution in [0.5, 0.6) is 0 Å². The average molecular weight is 265 g/mol. The molecule has 0 heterocycles. The van der Waals surface area contributed by atoms with Crippen LogP contribution in [0.15, 0.2) is 30.3 Å². The molecule has 1 aromatic carbocycles. The van der Waals surface area contributed by atoms with Crippen molar-refractivity contribution < 1.29 is 14.6 Å². The van der Waals surface area contributed by atoms with Gasteiger partial charge in [0.2, 0.25) is 5.91 Å². The molecule has 2 N–H and O–H groups in total. The lowest BCUT2D eigenvalue weighted by Gasteiger charge is -2.16. The first kappa shape index (κ1) is 15.7. The van der Waals surface area contributed by atoms with E-state index in [4.69, 9.17) is 4.74 Å². The summed E-state index contributed by atoms with van der Waals surface area (Å²) >= 11 is 0. The number of aliphatic hydroxyl groups excluding tert-OH is 1. The van der Waals surface area contributed by atoms with Gasteiger partial charge in [-0.05, 0) is 25.3 Å². The summed E-state index contributed by atoms with van der Waals surface area (Å²) in [4.78, 5) is 11.7. The molecular formula is C15H23NO3. The standard InChI is InChI=1S/C15H23NO3/c1-2-19-10-6-9-15(18)16-14(12-17)11-13-7-4-3-5-8-13/h3-5,7-8,14,17H,2,6,9-12H2,1H3,(H,16,18)/t14-/m1/s1. The molecule has 0 bridgehead atoms. The fourth-order valence-electron chi connectivity index (χ4n) is 1.84. The molecule has 1 aromatic rings. The minimum atomic E-state index is -0.220. The van der Waals surface area contributed by atoms with Crippen LogP contribution in [0, 0.1) is 0 Å². The Labute approximate surface area is 114 Å². The van der Waals surface area contributed by atoms with Crippen molar-refractivity contribution >= 4 is 5.91 Å². The predicted octanol–water partition coefficient (Wildman–Crippen LogP) is 1.52. The lowest BCUT2D eigenvalue weighted by molar-refractivity contribution is -0.122. The lowest BCUT2D eigenvalue weighted by Crippen LogP contribution is -2.39. The average Bonchev–Trinajstić information content (AvgIpc) is 2.44. The number of hydrogen-bond donors (Lipinski definition) is 2. The maximum atomic E-state index is 11.7. The van der Waals surface area contributed by atoms with Gasteiger partial charge in [0.05, 0.1) is 12.6 Å². The van der Waals surface area contributed by atoms with E-state index < -0.39 is 0 Å². The Kier molecular flexibility index (Phi) is 7.86. The van der Waals surface area contributed by atoms with Crippen molar-refractivity contribution in [1.29, 1.82) is 0 Å². The van der Waals surface area contributed by atoms with Crippen LogP contribution in [0.4, 0.5) is 0 Å². The zero-order chi connectivity index (χ0) is 13.9. The molecule has 0 aliphatic rings. The molecule has 19 heavy (non-hydrogen) atoms. The molecule has 0 radical (unpaired) electrons. The summed E-state index contributed by atoms with van der Waals surface area (Å²) in [6.07, 6.45) is 1.79. The van der Waals surface area contributed by atoms with Gasteiger partial charge in [-0.15, -0.1) is 0 Å². The van der Waals surface area contributed by atoms with Gasteiger partial charge in [0, 0.05) is 19.6 Å². The number of aliphatic hydroxyl groups is 1. The quantitative estimate of drug-likeness (QED) is 0.666. The van der Waals surface area contributed by atoms with Crippen LogP contribution in [0.1, 0.15) is 25.3 Å². The molecular weight excluding hydrogens is 242 g/mol. The number of carbonyl (C=O) groups is 1. The normalized spacial score (nSPS) is 12.1. The highest BCUT2D eigenvalue weighted by Gasteiger charge is 2.11. The summed E-state index contributed by atoms with van der Waals surface area (Å²) < 4.78 is 5.18. The molecule has 1 amide bonds. The third-order valence-corrected chi connectivity index (χ3v) is 2.81. The van der Waals surface area contributed by atoms with Gasteiger partial charge in [0.1, 0.15) is 0 Å². The second kappa shape index (κ2) is 9.53. The van der Waals surface area contributed by atoms with Crippen LogP contribution < -0.4 is 5.32 Å². The molecule has 0 aliphatic heterocycles. The van der Waals surface area contributed by atoms with Crippen molar-refractivity contribution in [3.05, 3.63) is 35.9 Å². The monoisotopic (exact) mass is 265 g/mol. The lowest BCUT2D eigenvalue weighted by atomic mass is 10.1. The van der Waals surface area contributed by atoms with Gasteiger partial charge in [-0.1, -0.05) is 30.3 Å². The Morgan fingerprint density at radius 1 is 1.37 bits per heavy atom. The van der Waals surface area contributed by atoms with Crippen LogP contribution >= 0.6 is 0 Å². The summed E-state index contributed by atoms with van der Waals surface area (Å²) in [5, 5.41) is 12.2. The van der Waals surface area contributed by atoms with Crippen LogP contribution in [-0.4, -0.2) is 36.9 Å². The Balaban J connectivity index is 2.29. The Hall–Kier alpha value is -1.39. The Morgan fingerprint density at radius 3 is 2.74 bits per heavy atom. The van der Waals surface area contributed by atoms with Gasteiger partial charge >= 0.3 is 0 Å². The van der Waals surface area contributed by atoms with Crippen molar-refractivity contribution in [2.24, 2.45) is 0 Å². The van der Waals surface area contributed by atoms with Crippen LogP contribution in [0.25, 0.3) is 0 Å². The molecule has 1 rings (SSSR count). The number of hydrogen-bond acceptors (Lipinski definition) is 3. The number of carbonyl (C=O) groups excluding carboxylic acids is 1. The minimum absolute atomic E-state index is 0.0327. The van der Waals surface area contributed by atoms with Crippen LogP contribution in [0.2, 0.25) is 0 Å². The van der Waals surface area contributed by atoms with Crippen molar-refractivity contribution in [2.45, 2.75) is 32.2 Å². The highest BCUT2D eigenvalue weighted by molar-refractivity contribution is 5.76. The second-order valence-electron chi connectivity index (χ2n) is 4.44. The number of nitrogens with one attached hydrogen (secondary N) is 1. The summed E-state index contributed by atoms with van der Waals surface area (Å²) in [5.74, 6) is -0.0327.